The van der Waals surface area contributed by atoms with E-state index in [1.54, 1.807) is 11.3 Å². The van der Waals surface area contributed by atoms with Gasteiger partial charge in [0.1, 0.15) is 0 Å². The maximum absolute atomic E-state index is 5.62. The van der Waals surface area contributed by atoms with Crippen LogP contribution in [-0.4, -0.2) is 9.38 Å². The van der Waals surface area contributed by atoms with Crippen LogP contribution in [-0.2, 0) is 6.54 Å². The molecule has 0 amide bonds. The smallest absolute Gasteiger partial charge is 0.0996 e. The molecule has 3 nitrogen and oxygen atoms in total. The van der Waals surface area contributed by atoms with E-state index in [1.165, 1.54) is 16.1 Å². The second kappa shape index (κ2) is 4.50. The number of thiophene rings is 1. The molecule has 3 heterocycles. The van der Waals surface area contributed by atoms with Crippen molar-refractivity contribution in [2.45, 2.75) is 13.5 Å². The summed E-state index contributed by atoms with van der Waals surface area (Å²) in [6.07, 6.45) is 1.85. The minimum atomic E-state index is 0.473. The highest BCUT2D eigenvalue weighted by molar-refractivity contribution is 9.11. The van der Waals surface area contributed by atoms with Gasteiger partial charge in [-0.05, 0) is 47.1 Å². The third-order valence-corrected chi connectivity index (χ3v) is 4.68. The first-order valence-corrected chi connectivity index (χ1v) is 7.22. The quantitative estimate of drug-likeness (QED) is 0.783. The van der Waals surface area contributed by atoms with Crippen molar-refractivity contribution in [2.75, 3.05) is 0 Å². The average molecular weight is 322 g/mol. The van der Waals surface area contributed by atoms with E-state index in [9.17, 15) is 0 Å². The fourth-order valence-corrected chi connectivity index (χ4v) is 3.52. The summed E-state index contributed by atoms with van der Waals surface area (Å²) in [7, 11) is 0. The molecule has 0 spiro atoms. The number of aryl methyl sites for hydroxylation is 1. The minimum absolute atomic E-state index is 0.473. The van der Waals surface area contributed by atoms with Gasteiger partial charge in [-0.25, -0.2) is 4.98 Å². The molecule has 92 valence electrons. The highest BCUT2D eigenvalue weighted by atomic mass is 79.9. The zero-order chi connectivity index (χ0) is 12.7. The summed E-state index contributed by atoms with van der Waals surface area (Å²) in [5.41, 5.74) is 10.1. The molecule has 0 radical (unpaired) electrons. The Kier molecular flexibility index (Phi) is 2.97. The second-order valence-corrected chi connectivity index (χ2v) is 6.59. The van der Waals surface area contributed by atoms with Gasteiger partial charge in [0.05, 0.1) is 15.8 Å². The van der Waals surface area contributed by atoms with Crippen molar-refractivity contribution in [1.82, 2.24) is 9.38 Å². The molecule has 0 aliphatic rings. The molecule has 3 rings (SSSR count). The van der Waals surface area contributed by atoms with Crippen LogP contribution < -0.4 is 5.73 Å². The number of rotatable bonds is 2. The Morgan fingerprint density at radius 1 is 1.39 bits per heavy atom. The van der Waals surface area contributed by atoms with Gasteiger partial charge in [0.15, 0.2) is 0 Å². The normalized spacial score (nSPS) is 11.3. The predicted molar refractivity (Wildman–Crippen MR) is 78.8 cm³/mol. The number of nitrogens with zero attached hydrogens (tertiary/aromatic N) is 2. The monoisotopic (exact) mass is 321 g/mol. The van der Waals surface area contributed by atoms with Crippen molar-refractivity contribution >= 4 is 32.8 Å². The topological polar surface area (TPSA) is 43.3 Å². The number of halogens is 1. The van der Waals surface area contributed by atoms with Crippen molar-refractivity contribution in [3.05, 3.63) is 45.8 Å². The molecular formula is C13H12BrN3S. The van der Waals surface area contributed by atoms with Crippen LogP contribution >= 0.6 is 27.3 Å². The van der Waals surface area contributed by atoms with E-state index in [0.29, 0.717) is 6.54 Å². The number of aromatic nitrogens is 2. The molecule has 0 bridgehead atoms. The van der Waals surface area contributed by atoms with E-state index in [4.69, 9.17) is 5.73 Å². The van der Waals surface area contributed by atoms with Gasteiger partial charge in [0, 0.05) is 28.2 Å². The third-order valence-electron chi connectivity index (χ3n) is 3.02. The minimum Gasteiger partial charge on any atom is -0.325 e. The van der Waals surface area contributed by atoms with Gasteiger partial charge in [0.25, 0.3) is 0 Å². The lowest BCUT2D eigenvalue weighted by atomic mass is 10.2. The summed E-state index contributed by atoms with van der Waals surface area (Å²) in [5, 5.41) is 0. The number of fused-ring (bicyclic) bond motifs is 1. The third kappa shape index (κ3) is 1.88. The van der Waals surface area contributed by atoms with E-state index in [2.05, 4.69) is 50.4 Å². The molecule has 0 fully saturated rings. The summed E-state index contributed by atoms with van der Waals surface area (Å²) in [4.78, 5) is 5.59. The van der Waals surface area contributed by atoms with Gasteiger partial charge in [-0.15, -0.1) is 11.3 Å². The lowest BCUT2D eigenvalue weighted by molar-refractivity contribution is 0.941. The first kappa shape index (κ1) is 11.9. The lowest BCUT2D eigenvalue weighted by Crippen LogP contribution is -2.01. The van der Waals surface area contributed by atoms with Crippen molar-refractivity contribution < 1.29 is 0 Å². The van der Waals surface area contributed by atoms with Crippen LogP contribution in [0.25, 0.3) is 16.0 Å². The van der Waals surface area contributed by atoms with E-state index in [0.717, 1.165) is 15.0 Å². The largest absolute Gasteiger partial charge is 0.325 e. The Labute approximate surface area is 117 Å². The van der Waals surface area contributed by atoms with Crippen LogP contribution in [0.15, 0.2) is 34.4 Å². The van der Waals surface area contributed by atoms with Gasteiger partial charge in [-0.3, -0.25) is 0 Å². The van der Waals surface area contributed by atoms with E-state index >= 15 is 0 Å². The summed E-state index contributed by atoms with van der Waals surface area (Å²) in [6.45, 7) is 2.58. The molecule has 2 N–H and O–H groups in total. The number of nitrogens with two attached hydrogens (primary N) is 1. The molecule has 0 unspecified atom stereocenters. The molecular weight excluding hydrogens is 310 g/mol. The van der Waals surface area contributed by atoms with Crippen LogP contribution in [0.4, 0.5) is 0 Å². The summed E-state index contributed by atoms with van der Waals surface area (Å²) < 4.78 is 3.25. The highest BCUT2D eigenvalue weighted by Crippen LogP contribution is 2.34. The predicted octanol–water partition coefficient (Wildman–Crippen LogP) is 3.59. The Morgan fingerprint density at radius 2 is 2.22 bits per heavy atom. The Balaban J connectivity index is 2.22. The molecule has 18 heavy (non-hydrogen) atoms. The summed E-state index contributed by atoms with van der Waals surface area (Å²) in [5.74, 6) is 0. The van der Waals surface area contributed by atoms with E-state index in [-0.39, 0.29) is 0 Å². The SMILES string of the molecule is Cc1c(-c2ccc(Br)s2)cc2cc(CN)ncn12. The molecule has 3 aromatic heterocycles. The molecule has 0 saturated carbocycles. The van der Waals surface area contributed by atoms with Gasteiger partial charge < -0.3 is 10.1 Å². The molecule has 0 aromatic carbocycles. The van der Waals surface area contributed by atoms with Crippen LogP contribution in [0.5, 0.6) is 0 Å². The second-order valence-electron chi connectivity index (χ2n) is 4.13. The standard InChI is InChI=1S/C13H12BrN3S/c1-8-11(12-2-3-13(14)18-12)5-10-4-9(6-15)16-7-17(8)10/h2-5,7H,6,15H2,1H3. The number of hydrogen-bond acceptors (Lipinski definition) is 3. The Bertz CT molecular complexity index is 714. The summed E-state index contributed by atoms with van der Waals surface area (Å²) >= 11 is 5.24. The van der Waals surface area contributed by atoms with Crippen molar-refractivity contribution in [2.24, 2.45) is 5.73 Å². The maximum atomic E-state index is 5.62. The van der Waals surface area contributed by atoms with Crippen molar-refractivity contribution in [3.8, 4) is 10.4 Å². The van der Waals surface area contributed by atoms with E-state index in [1.807, 2.05) is 12.4 Å². The molecule has 0 aliphatic carbocycles. The lowest BCUT2D eigenvalue weighted by Gasteiger charge is -2.00. The highest BCUT2D eigenvalue weighted by Gasteiger charge is 2.10. The van der Waals surface area contributed by atoms with Gasteiger partial charge in [-0.1, -0.05) is 0 Å². The molecule has 0 saturated heterocycles. The van der Waals surface area contributed by atoms with Gasteiger partial charge >= 0.3 is 0 Å². The molecule has 5 heteroatoms. The van der Waals surface area contributed by atoms with E-state index < -0.39 is 0 Å². The Morgan fingerprint density at radius 3 is 2.89 bits per heavy atom. The summed E-state index contributed by atoms with van der Waals surface area (Å²) in [6, 6.07) is 8.44. The van der Waals surface area contributed by atoms with Crippen LogP contribution in [0.2, 0.25) is 0 Å². The maximum Gasteiger partial charge on any atom is 0.0996 e. The van der Waals surface area contributed by atoms with Gasteiger partial charge in [0.2, 0.25) is 0 Å². The Hall–Kier alpha value is -1.17. The fraction of sp³-hybridized carbons (Fsp3) is 0.154. The van der Waals surface area contributed by atoms with Crippen LogP contribution in [0.3, 0.4) is 0 Å². The molecule has 0 atom stereocenters. The molecule has 0 aliphatic heterocycles. The fourth-order valence-electron chi connectivity index (χ4n) is 2.07. The molecule has 3 aromatic rings. The van der Waals surface area contributed by atoms with Crippen molar-refractivity contribution in [3.63, 3.8) is 0 Å². The van der Waals surface area contributed by atoms with Gasteiger partial charge in [-0.2, -0.15) is 0 Å². The first-order valence-electron chi connectivity index (χ1n) is 5.61. The van der Waals surface area contributed by atoms with Crippen molar-refractivity contribution in [1.29, 1.82) is 0 Å². The first-order chi connectivity index (χ1) is 8.69. The van der Waals surface area contributed by atoms with Crippen LogP contribution in [0, 0.1) is 6.92 Å². The zero-order valence-corrected chi connectivity index (χ0v) is 12.3. The average Bonchev–Trinajstić information content (AvgIpc) is 2.93. The zero-order valence-electron chi connectivity index (χ0n) is 9.85. The number of hydrogen-bond donors (Lipinski definition) is 1. The van der Waals surface area contributed by atoms with Crippen LogP contribution in [0.1, 0.15) is 11.4 Å².